The molecule has 0 N–H and O–H groups in total. The lowest BCUT2D eigenvalue weighted by atomic mass is 9.82. The minimum absolute atomic E-state index is 0.156. The Labute approximate surface area is 328 Å². The second-order valence-electron chi connectivity index (χ2n) is 15.6. The second-order valence-corrected chi connectivity index (χ2v) is 15.6. The fourth-order valence-corrected chi connectivity index (χ4v) is 9.33. The first-order valence-electron chi connectivity index (χ1n) is 19.5. The summed E-state index contributed by atoms with van der Waals surface area (Å²) in [5, 5.41) is 6.81. The van der Waals surface area contributed by atoms with Crippen molar-refractivity contribution in [1.82, 2.24) is 19.5 Å². The summed E-state index contributed by atoms with van der Waals surface area (Å²) in [7, 11) is 0. The first-order chi connectivity index (χ1) is 28.0. The quantitative estimate of drug-likeness (QED) is 0.181. The van der Waals surface area contributed by atoms with E-state index in [1.54, 1.807) is 0 Å². The summed E-state index contributed by atoms with van der Waals surface area (Å²) in [6.45, 7) is 4.69. The molecule has 0 atom stereocenters. The highest BCUT2D eigenvalue weighted by Crippen LogP contribution is 2.53. The highest BCUT2D eigenvalue weighted by molar-refractivity contribution is 6.20. The van der Waals surface area contributed by atoms with E-state index in [0.717, 1.165) is 49.8 Å². The molecule has 268 valence electrons. The summed E-state index contributed by atoms with van der Waals surface area (Å²) in [4.78, 5) is 15.4. The van der Waals surface area contributed by atoms with Crippen molar-refractivity contribution in [3.8, 4) is 51.0 Å². The fraction of sp³-hybridized carbons (Fsp3) is 0.0577. The van der Waals surface area contributed by atoms with Crippen LogP contribution < -0.4 is 0 Å². The van der Waals surface area contributed by atoms with Gasteiger partial charge in [-0.3, -0.25) is 0 Å². The highest BCUT2D eigenvalue weighted by atomic mass is 16.3. The molecule has 0 radical (unpaired) electrons. The molecule has 3 aromatic heterocycles. The monoisotopic (exact) mass is 730 g/mol. The second kappa shape index (κ2) is 11.8. The van der Waals surface area contributed by atoms with Crippen LogP contribution in [-0.2, 0) is 5.41 Å². The van der Waals surface area contributed by atoms with Gasteiger partial charge in [0.15, 0.2) is 23.1 Å². The third-order valence-corrected chi connectivity index (χ3v) is 12.0. The van der Waals surface area contributed by atoms with Crippen LogP contribution in [0.1, 0.15) is 25.0 Å². The lowest BCUT2D eigenvalue weighted by Gasteiger charge is -2.21. The van der Waals surface area contributed by atoms with Crippen LogP contribution in [0.2, 0.25) is 0 Å². The molecule has 11 aromatic rings. The number of rotatable bonds is 4. The Bertz CT molecular complexity index is 3370. The van der Waals surface area contributed by atoms with Crippen molar-refractivity contribution in [2.24, 2.45) is 0 Å². The topological polar surface area (TPSA) is 56.7 Å². The first kappa shape index (κ1) is 31.9. The van der Waals surface area contributed by atoms with Crippen molar-refractivity contribution in [3.05, 3.63) is 181 Å². The van der Waals surface area contributed by atoms with Crippen molar-refractivity contribution in [3.63, 3.8) is 0 Å². The molecule has 12 rings (SSSR count). The molecule has 5 heteroatoms. The summed E-state index contributed by atoms with van der Waals surface area (Å²) >= 11 is 0. The van der Waals surface area contributed by atoms with Gasteiger partial charge in [0, 0.05) is 49.2 Å². The van der Waals surface area contributed by atoms with Gasteiger partial charge >= 0.3 is 0 Å². The van der Waals surface area contributed by atoms with Gasteiger partial charge in [-0.15, -0.1) is 0 Å². The zero-order valence-electron chi connectivity index (χ0n) is 31.4. The zero-order valence-corrected chi connectivity index (χ0v) is 31.4. The fourth-order valence-electron chi connectivity index (χ4n) is 9.33. The Morgan fingerprint density at radius 3 is 1.88 bits per heavy atom. The molecular weight excluding hydrogens is 697 g/mol. The molecule has 0 unspecified atom stereocenters. The molecule has 0 saturated heterocycles. The standard InChI is InChI=1S/C52H34N4O/c1-52(2)40-23-13-11-21-36(40)46-41(52)27-25-35-39-29-33-19-9-10-20-34(33)30-43(39)56(47(35)46)42-28-26-38(45-37-22-12-14-24-44(37)57-48(42)45)51-54-49(31-15-5-3-6-16-31)53-50(55-51)32-17-7-4-8-18-32/h3-30H,1-2H3. The van der Waals surface area contributed by atoms with Crippen molar-refractivity contribution in [2.45, 2.75) is 19.3 Å². The number of nitrogens with zero attached hydrogens (tertiary/aromatic N) is 4. The van der Waals surface area contributed by atoms with Crippen molar-refractivity contribution in [2.75, 3.05) is 0 Å². The molecule has 0 spiro atoms. The number of hydrogen-bond donors (Lipinski definition) is 0. The molecule has 1 aliphatic rings. The molecule has 0 fully saturated rings. The van der Waals surface area contributed by atoms with E-state index < -0.39 is 0 Å². The van der Waals surface area contributed by atoms with Crippen molar-refractivity contribution >= 4 is 54.5 Å². The highest BCUT2D eigenvalue weighted by Gasteiger charge is 2.38. The maximum absolute atomic E-state index is 7.02. The molecule has 8 aromatic carbocycles. The zero-order chi connectivity index (χ0) is 37.8. The van der Waals surface area contributed by atoms with Crippen molar-refractivity contribution in [1.29, 1.82) is 0 Å². The van der Waals surface area contributed by atoms with E-state index in [0.29, 0.717) is 17.5 Å². The van der Waals surface area contributed by atoms with Crippen LogP contribution >= 0.6 is 0 Å². The minimum Gasteiger partial charge on any atom is -0.454 e. The predicted octanol–water partition coefficient (Wildman–Crippen LogP) is 13.3. The van der Waals surface area contributed by atoms with Gasteiger partial charge in [0.2, 0.25) is 0 Å². The SMILES string of the molecule is CC1(C)c2ccccc2-c2c1ccc1c3cc4ccccc4cc3n(-c3ccc(-c4nc(-c5ccccc5)nc(-c5ccccc5)n4)c4c3oc3ccccc34)c21. The smallest absolute Gasteiger partial charge is 0.164 e. The number of fused-ring (bicyclic) bond motifs is 11. The Hall–Kier alpha value is -7.37. The van der Waals surface area contributed by atoms with E-state index in [2.05, 4.69) is 122 Å². The van der Waals surface area contributed by atoms with E-state index in [1.807, 2.05) is 66.7 Å². The number of benzene rings is 8. The van der Waals surface area contributed by atoms with Gasteiger partial charge in [0.1, 0.15) is 5.58 Å². The Morgan fingerprint density at radius 2 is 1.12 bits per heavy atom. The summed E-state index contributed by atoms with van der Waals surface area (Å²) in [6, 6.07) is 59.9. The van der Waals surface area contributed by atoms with Crippen LogP contribution in [0.15, 0.2) is 174 Å². The van der Waals surface area contributed by atoms with Gasteiger partial charge in [0.05, 0.1) is 16.7 Å². The lowest BCUT2D eigenvalue weighted by Crippen LogP contribution is -2.14. The largest absolute Gasteiger partial charge is 0.454 e. The summed E-state index contributed by atoms with van der Waals surface area (Å²) in [6.07, 6.45) is 0. The van der Waals surface area contributed by atoms with E-state index in [4.69, 9.17) is 19.4 Å². The van der Waals surface area contributed by atoms with E-state index in [9.17, 15) is 0 Å². The summed E-state index contributed by atoms with van der Waals surface area (Å²) in [5.41, 5.74) is 12.7. The maximum atomic E-state index is 7.02. The third kappa shape index (κ3) is 4.60. The molecule has 1 aliphatic carbocycles. The molecule has 57 heavy (non-hydrogen) atoms. The van der Waals surface area contributed by atoms with Gasteiger partial charge in [-0.05, 0) is 57.8 Å². The van der Waals surface area contributed by atoms with Crippen LogP contribution in [0, 0.1) is 0 Å². The average molecular weight is 731 g/mol. The Balaban J connectivity index is 1.21. The van der Waals surface area contributed by atoms with Gasteiger partial charge in [0.25, 0.3) is 0 Å². The van der Waals surface area contributed by atoms with Crippen LogP contribution in [0.4, 0.5) is 0 Å². The van der Waals surface area contributed by atoms with E-state index in [-0.39, 0.29) is 5.41 Å². The normalized spacial score (nSPS) is 13.2. The number of hydrogen-bond acceptors (Lipinski definition) is 4. The molecule has 0 aliphatic heterocycles. The number of furan rings is 1. The van der Waals surface area contributed by atoms with E-state index in [1.165, 1.54) is 49.3 Å². The predicted molar refractivity (Wildman–Crippen MR) is 233 cm³/mol. The Morgan fingerprint density at radius 1 is 0.491 bits per heavy atom. The van der Waals surface area contributed by atoms with Gasteiger partial charge in [-0.25, -0.2) is 15.0 Å². The van der Waals surface area contributed by atoms with Crippen LogP contribution in [0.3, 0.4) is 0 Å². The van der Waals surface area contributed by atoms with Gasteiger partial charge in [-0.2, -0.15) is 0 Å². The molecule has 0 amide bonds. The third-order valence-electron chi connectivity index (χ3n) is 12.0. The van der Waals surface area contributed by atoms with Gasteiger partial charge < -0.3 is 8.98 Å². The molecular formula is C52H34N4O. The van der Waals surface area contributed by atoms with Crippen LogP contribution in [-0.4, -0.2) is 19.5 Å². The Kier molecular flexibility index (Phi) is 6.62. The van der Waals surface area contributed by atoms with Crippen LogP contribution in [0.5, 0.6) is 0 Å². The lowest BCUT2D eigenvalue weighted by molar-refractivity contribution is 0.660. The number of aromatic nitrogens is 4. The average Bonchev–Trinajstić information content (AvgIpc) is 3.89. The van der Waals surface area contributed by atoms with E-state index >= 15 is 0 Å². The summed E-state index contributed by atoms with van der Waals surface area (Å²) in [5.74, 6) is 1.83. The van der Waals surface area contributed by atoms with Crippen molar-refractivity contribution < 1.29 is 4.42 Å². The molecule has 0 bridgehead atoms. The molecule has 3 heterocycles. The maximum Gasteiger partial charge on any atom is 0.164 e. The first-order valence-corrected chi connectivity index (χ1v) is 19.5. The van der Waals surface area contributed by atoms with Crippen LogP contribution in [0.25, 0.3) is 105 Å². The molecule has 5 nitrogen and oxygen atoms in total. The number of para-hydroxylation sites is 1. The van der Waals surface area contributed by atoms with Gasteiger partial charge in [-0.1, -0.05) is 153 Å². The minimum atomic E-state index is -0.156. The molecule has 0 saturated carbocycles. The summed E-state index contributed by atoms with van der Waals surface area (Å²) < 4.78 is 9.48.